The second kappa shape index (κ2) is 10.3. The monoisotopic (exact) mass is 418 g/mol. The van der Waals surface area contributed by atoms with Gasteiger partial charge in [0.25, 0.3) is 11.8 Å². The lowest BCUT2D eigenvalue weighted by Crippen LogP contribution is -2.31. The Labute approximate surface area is 182 Å². The van der Waals surface area contributed by atoms with E-state index in [9.17, 15) is 9.59 Å². The summed E-state index contributed by atoms with van der Waals surface area (Å²) in [5.41, 5.74) is 8.14. The van der Waals surface area contributed by atoms with Crippen LogP contribution in [0.25, 0.3) is 0 Å². The number of ether oxygens (including phenoxy) is 2. The van der Waals surface area contributed by atoms with Crippen molar-refractivity contribution in [1.29, 1.82) is 0 Å². The van der Waals surface area contributed by atoms with Crippen molar-refractivity contribution in [3.8, 4) is 11.5 Å². The summed E-state index contributed by atoms with van der Waals surface area (Å²) < 4.78 is 11.5. The first-order chi connectivity index (χ1) is 15.0. The molecule has 2 N–H and O–H groups in total. The first-order valence-electron chi connectivity index (χ1n) is 10.00. The van der Waals surface area contributed by atoms with Crippen LogP contribution in [-0.4, -0.2) is 36.9 Å². The molecule has 0 saturated carbocycles. The van der Waals surface area contributed by atoms with Gasteiger partial charge in [-0.3, -0.25) is 9.59 Å². The minimum Gasteiger partial charge on any atom is -0.491 e. The molecule has 0 spiro atoms. The molecule has 3 aromatic carbocycles. The Balaban J connectivity index is 1.58. The summed E-state index contributed by atoms with van der Waals surface area (Å²) in [4.78, 5) is 25.9. The lowest BCUT2D eigenvalue weighted by atomic mass is 10.1. The molecule has 0 unspecified atom stereocenters. The fraction of sp³-hybridized carbons (Fsp3) is 0.200. The van der Waals surface area contributed by atoms with Gasteiger partial charge in [-0.25, -0.2) is 0 Å². The third-order valence-electron chi connectivity index (χ3n) is 4.85. The van der Waals surface area contributed by atoms with Gasteiger partial charge in [0.1, 0.15) is 24.7 Å². The van der Waals surface area contributed by atoms with Crippen molar-refractivity contribution in [1.82, 2.24) is 4.90 Å². The Kier molecular flexibility index (Phi) is 7.27. The molecule has 0 atom stereocenters. The van der Waals surface area contributed by atoms with Crippen molar-refractivity contribution in [2.24, 2.45) is 5.73 Å². The molecule has 0 bridgehead atoms. The van der Waals surface area contributed by atoms with E-state index in [1.165, 1.54) is 0 Å². The Morgan fingerprint density at radius 2 is 1.61 bits per heavy atom. The fourth-order valence-electron chi connectivity index (χ4n) is 3.08. The van der Waals surface area contributed by atoms with Crippen LogP contribution < -0.4 is 15.2 Å². The maximum Gasteiger partial charge on any atom is 0.253 e. The summed E-state index contributed by atoms with van der Waals surface area (Å²) in [6, 6.07) is 21.8. The average molecular weight is 418 g/mol. The summed E-state index contributed by atoms with van der Waals surface area (Å²) in [5, 5.41) is 0. The van der Waals surface area contributed by atoms with E-state index < -0.39 is 5.91 Å². The predicted octanol–water partition coefficient (Wildman–Crippen LogP) is 3.82. The molecule has 0 saturated heterocycles. The lowest BCUT2D eigenvalue weighted by molar-refractivity contribution is 0.0773. The second-order valence-corrected chi connectivity index (χ2v) is 7.19. The normalized spacial score (nSPS) is 10.4. The van der Waals surface area contributed by atoms with Crippen molar-refractivity contribution in [2.75, 3.05) is 20.2 Å². The zero-order chi connectivity index (χ0) is 22.2. The first kappa shape index (κ1) is 21.9. The topological polar surface area (TPSA) is 81.9 Å². The minimum absolute atomic E-state index is 0.104. The van der Waals surface area contributed by atoms with Gasteiger partial charge in [-0.05, 0) is 48.4 Å². The highest BCUT2D eigenvalue weighted by molar-refractivity contribution is 5.95. The van der Waals surface area contributed by atoms with Gasteiger partial charge in [0.15, 0.2) is 0 Å². The number of para-hydroxylation sites is 2. The quantitative estimate of drug-likeness (QED) is 0.573. The number of primary amides is 1. The Hall–Kier alpha value is -3.80. The molecular weight excluding hydrogens is 392 g/mol. The number of likely N-dealkylation sites (N-methyl/N-ethyl adjacent to an activating group) is 1. The number of hydrogen-bond acceptors (Lipinski definition) is 4. The van der Waals surface area contributed by atoms with Crippen molar-refractivity contribution < 1.29 is 19.1 Å². The third kappa shape index (κ3) is 5.85. The van der Waals surface area contributed by atoms with Gasteiger partial charge in [-0.1, -0.05) is 42.5 Å². The average Bonchev–Trinajstić information content (AvgIpc) is 2.78. The number of carbonyl (C=O) groups excluding carboxylic acids is 2. The predicted molar refractivity (Wildman–Crippen MR) is 119 cm³/mol. The van der Waals surface area contributed by atoms with E-state index >= 15 is 0 Å². The summed E-state index contributed by atoms with van der Waals surface area (Å²) in [6.45, 7) is 3.06. The van der Waals surface area contributed by atoms with Crippen LogP contribution in [0.3, 0.4) is 0 Å². The number of nitrogens with zero attached hydrogens (tertiary/aromatic N) is 1. The molecule has 3 rings (SSSR count). The maximum absolute atomic E-state index is 12.8. The largest absolute Gasteiger partial charge is 0.491 e. The molecule has 31 heavy (non-hydrogen) atoms. The molecule has 0 aliphatic carbocycles. The number of aryl methyl sites for hydroxylation is 1. The Morgan fingerprint density at radius 3 is 2.35 bits per heavy atom. The second-order valence-electron chi connectivity index (χ2n) is 7.19. The standard InChI is InChI=1S/C25H26N2O4/c1-18-8-3-5-12-22(18)30-15-14-27(2)25(29)20-10-7-9-19(16-20)17-31-23-13-6-4-11-21(23)24(26)28/h3-13,16H,14-15,17H2,1-2H3,(H2,26,28). The molecule has 3 aromatic rings. The molecule has 0 radical (unpaired) electrons. The van der Waals surface area contributed by atoms with Crippen LogP contribution in [0.15, 0.2) is 72.8 Å². The van der Waals surface area contributed by atoms with Gasteiger partial charge >= 0.3 is 0 Å². The van der Waals surface area contributed by atoms with Gasteiger partial charge in [0, 0.05) is 12.6 Å². The zero-order valence-electron chi connectivity index (χ0n) is 17.7. The molecule has 0 heterocycles. The zero-order valence-corrected chi connectivity index (χ0v) is 17.7. The molecule has 0 fully saturated rings. The van der Waals surface area contributed by atoms with Gasteiger partial charge in [-0.2, -0.15) is 0 Å². The molecular formula is C25H26N2O4. The molecule has 0 aliphatic rings. The van der Waals surface area contributed by atoms with Gasteiger partial charge < -0.3 is 20.1 Å². The van der Waals surface area contributed by atoms with Gasteiger partial charge in [-0.15, -0.1) is 0 Å². The summed E-state index contributed by atoms with van der Waals surface area (Å²) >= 11 is 0. The number of nitrogens with two attached hydrogens (primary N) is 1. The van der Waals surface area contributed by atoms with Crippen LogP contribution in [0.2, 0.25) is 0 Å². The summed E-state index contributed by atoms with van der Waals surface area (Å²) in [5.74, 6) is 0.581. The lowest BCUT2D eigenvalue weighted by Gasteiger charge is -2.18. The third-order valence-corrected chi connectivity index (χ3v) is 4.85. The molecule has 160 valence electrons. The number of rotatable bonds is 9. The molecule has 6 nitrogen and oxygen atoms in total. The summed E-state index contributed by atoms with van der Waals surface area (Å²) in [7, 11) is 1.75. The fourth-order valence-corrected chi connectivity index (χ4v) is 3.08. The van der Waals surface area contributed by atoms with Crippen LogP contribution in [0.4, 0.5) is 0 Å². The molecule has 0 aliphatic heterocycles. The SMILES string of the molecule is Cc1ccccc1OCCN(C)C(=O)c1cccc(COc2ccccc2C(N)=O)c1. The van der Waals surface area contributed by atoms with E-state index in [-0.39, 0.29) is 12.5 Å². The number of benzene rings is 3. The van der Waals surface area contributed by atoms with Gasteiger partial charge in [0.05, 0.1) is 12.1 Å². The number of amides is 2. The van der Waals surface area contributed by atoms with E-state index in [2.05, 4.69) is 0 Å². The minimum atomic E-state index is -0.547. The summed E-state index contributed by atoms with van der Waals surface area (Å²) in [6.07, 6.45) is 0. The van der Waals surface area contributed by atoms with Gasteiger partial charge in [0.2, 0.25) is 0 Å². The highest BCUT2D eigenvalue weighted by Crippen LogP contribution is 2.19. The highest BCUT2D eigenvalue weighted by Gasteiger charge is 2.13. The van der Waals surface area contributed by atoms with Crippen LogP contribution in [-0.2, 0) is 6.61 Å². The van der Waals surface area contributed by atoms with E-state index in [1.807, 2.05) is 43.3 Å². The van der Waals surface area contributed by atoms with E-state index in [4.69, 9.17) is 15.2 Å². The Morgan fingerprint density at radius 1 is 0.903 bits per heavy atom. The van der Waals surface area contributed by atoms with E-state index in [0.717, 1.165) is 16.9 Å². The van der Waals surface area contributed by atoms with Crippen molar-refractivity contribution in [2.45, 2.75) is 13.5 Å². The van der Waals surface area contributed by atoms with Crippen molar-refractivity contribution >= 4 is 11.8 Å². The first-order valence-corrected chi connectivity index (χ1v) is 10.00. The van der Waals surface area contributed by atoms with Crippen molar-refractivity contribution in [3.63, 3.8) is 0 Å². The van der Waals surface area contributed by atoms with Crippen LogP contribution in [0.1, 0.15) is 31.8 Å². The van der Waals surface area contributed by atoms with E-state index in [0.29, 0.717) is 30.0 Å². The smallest absolute Gasteiger partial charge is 0.253 e. The van der Waals surface area contributed by atoms with Crippen molar-refractivity contribution in [3.05, 3.63) is 95.1 Å². The highest BCUT2D eigenvalue weighted by atomic mass is 16.5. The Bertz CT molecular complexity index is 1060. The number of hydrogen-bond donors (Lipinski definition) is 1. The van der Waals surface area contributed by atoms with Crippen LogP contribution in [0.5, 0.6) is 11.5 Å². The van der Waals surface area contributed by atoms with Crippen LogP contribution >= 0.6 is 0 Å². The maximum atomic E-state index is 12.8. The molecule has 0 aromatic heterocycles. The molecule has 2 amide bonds. The number of carbonyl (C=O) groups is 2. The van der Waals surface area contributed by atoms with Crippen LogP contribution in [0, 0.1) is 6.92 Å². The molecule has 6 heteroatoms. The van der Waals surface area contributed by atoms with E-state index in [1.54, 1.807) is 48.3 Å².